The van der Waals surface area contributed by atoms with E-state index in [2.05, 4.69) is 46.9 Å². The molecule has 1 aliphatic carbocycles. The summed E-state index contributed by atoms with van der Waals surface area (Å²) < 4.78 is 0. The second-order valence-corrected chi connectivity index (χ2v) is 7.05. The van der Waals surface area contributed by atoms with Crippen LogP contribution in [0.3, 0.4) is 0 Å². The fourth-order valence-corrected chi connectivity index (χ4v) is 2.50. The highest BCUT2D eigenvalue weighted by molar-refractivity contribution is 4.83. The molecule has 0 spiro atoms. The van der Waals surface area contributed by atoms with E-state index in [4.69, 9.17) is 0 Å². The summed E-state index contributed by atoms with van der Waals surface area (Å²) in [6.45, 7) is 15.4. The third kappa shape index (κ3) is 3.76. The molecule has 1 aliphatic rings. The van der Waals surface area contributed by atoms with Crippen molar-refractivity contribution in [2.75, 3.05) is 6.54 Å². The van der Waals surface area contributed by atoms with E-state index in [-0.39, 0.29) is 0 Å². The Balaban J connectivity index is 2.37. The molecular formula is C15H31N. The molecule has 1 saturated carbocycles. The summed E-state index contributed by atoms with van der Waals surface area (Å²) in [6.07, 6.45) is 4.21. The quantitative estimate of drug-likeness (QED) is 0.763. The van der Waals surface area contributed by atoms with Crippen molar-refractivity contribution in [2.24, 2.45) is 23.2 Å². The van der Waals surface area contributed by atoms with E-state index in [0.717, 1.165) is 23.8 Å². The van der Waals surface area contributed by atoms with E-state index < -0.39 is 0 Å². The molecule has 0 bridgehead atoms. The van der Waals surface area contributed by atoms with Gasteiger partial charge >= 0.3 is 0 Å². The Morgan fingerprint density at radius 3 is 2.38 bits per heavy atom. The molecule has 0 saturated heterocycles. The third-order valence-corrected chi connectivity index (χ3v) is 4.87. The zero-order valence-electron chi connectivity index (χ0n) is 12.1. The molecule has 4 unspecified atom stereocenters. The van der Waals surface area contributed by atoms with Crippen LogP contribution in [-0.4, -0.2) is 12.6 Å². The van der Waals surface area contributed by atoms with Crippen molar-refractivity contribution in [1.82, 2.24) is 5.32 Å². The van der Waals surface area contributed by atoms with E-state index in [0.29, 0.717) is 5.41 Å². The van der Waals surface area contributed by atoms with Crippen LogP contribution in [0.5, 0.6) is 0 Å². The molecule has 1 N–H and O–H groups in total. The van der Waals surface area contributed by atoms with Crippen molar-refractivity contribution in [1.29, 1.82) is 0 Å². The van der Waals surface area contributed by atoms with E-state index in [1.165, 1.54) is 25.8 Å². The highest BCUT2D eigenvalue weighted by atomic mass is 14.9. The van der Waals surface area contributed by atoms with Crippen LogP contribution in [0, 0.1) is 23.2 Å². The maximum Gasteiger partial charge on any atom is 0.00953 e. The van der Waals surface area contributed by atoms with Gasteiger partial charge in [-0.25, -0.2) is 0 Å². The van der Waals surface area contributed by atoms with Crippen LogP contribution >= 0.6 is 0 Å². The second kappa shape index (κ2) is 5.53. The normalized spacial score (nSPS) is 33.8. The molecule has 1 rings (SSSR count). The SMILES string of the molecule is CC1CCCC(NCC(C)C(C)(C)C)C1C. The van der Waals surface area contributed by atoms with E-state index >= 15 is 0 Å². The van der Waals surface area contributed by atoms with Gasteiger partial charge in [0.1, 0.15) is 0 Å². The minimum absolute atomic E-state index is 0.427. The van der Waals surface area contributed by atoms with Gasteiger partial charge in [0.05, 0.1) is 0 Å². The summed E-state index contributed by atoms with van der Waals surface area (Å²) in [7, 11) is 0. The van der Waals surface area contributed by atoms with Crippen molar-refractivity contribution in [2.45, 2.75) is 66.8 Å². The van der Waals surface area contributed by atoms with Gasteiger partial charge in [-0.2, -0.15) is 0 Å². The summed E-state index contributed by atoms with van der Waals surface area (Å²) in [6, 6.07) is 0.758. The minimum atomic E-state index is 0.427. The lowest BCUT2D eigenvalue weighted by atomic mass is 9.77. The molecule has 1 heteroatoms. The Morgan fingerprint density at radius 2 is 1.81 bits per heavy atom. The van der Waals surface area contributed by atoms with Crippen molar-refractivity contribution in [3.63, 3.8) is 0 Å². The van der Waals surface area contributed by atoms with Gasteiger partial charge in [-0.05, 0) is 36.1 Å². The smallest absolute Gasteiger partial charge is 0.00953 e. The number of hydrogen-bond acceptors (Lipinski definition) is 1. The Bertz CT molecular complexity index is 204. The molecule has 0 aliphatic heterocycles. The van der Waals surface area contributed by atoms with E-state index in [1.54, 1.807) is 0 Å². The van der Waals surface area contributed by atoms with E-state index in [1.807, 2.05) is 0 Å². The van der Waals surface area contributed by atoms with Crippen LogP contribution in [0.1, 0.15) is 60.8 Å². The van der Waals surface area contributed by atoms with Crippen molar-refractivity contribution in [3.05, 3.63) is 0 Å². The first-order valence-electron chi connectivity index (χ1n) is 7.05. The Kier molecular flexibility index (Phi) is 4.85. The number of hydrogen-bond donors (Lipinski definition) is 1. The van der Waals surface area contributed by atoms with Crippen LogP contribution < -0.4 is 5.32 Å². The fourth-order valence-electron chi connectivity index (χ4n) is 2.50. The summed E-state index contributed by atoms with van der Waals surface area (Å²) >= 11 is 0. The van der Waals surface area contributed by atoms with Crippen molar-refractivity contribution < 1.29 is 0 Å². The summed E-state index contributed by atoms with van der Waals surface area (Å²) in [5, 5.41) is 3.81. The van der Waals surface area contributed by atoms with Crippen LogP contribution in [0.15, 0.2) is 0 Å². The van der Waals surface area contributed by atoms with Crippen molar-refractivity contribution >= 4 is 0 Å². The maximum absolute atomic E-state index is 3.81. The third-order valence-electron chi connectivity index (χ3n) is 4.87. The van der Waals surface area contributed by atoms with Crippen LogP contribution in [0.2, 0.25) is 0 Å². The largest absolute Gasteiger partial charge is 0.313 e. The number of rotatable bonds is 3. The van der Waals surface area contributed by atoms with Crippen LogP contribution in [-0.2, 0) is 0 Å². The summed E-state index contributed by atoms with van der Waals surface area (Å²) in [4.78, 5) is 0. The van der Waals surface area contributed by atoms with E-state index in [9.17, 15) is 0 Å². The van der Waals surface area contributed by atoms with Gasteiger partial charge in [0.25, 0.3) is 0 Å². The van der Waals surface area contributed by atoms with Gasteiger partial charge < -0.3 is 5.32 Å². The van der Waals surface area contributed by atoms with Gasteiger partial charge in [-0.3, -0.25) is 0 Å². The highest BCUT2D eigenvalue weighted by Crippen LogP contribution is 2.30. The molecule has 96 valence electrons. The predicted molar refractivity (Wildman–Crippen MR) is 72.6 cm³/mol. The fraction of sp³-hybridized carbons (Fsp3) is 1.00. The Hall–Kier alpha value is -0.0400. The lowest BCUT2D eigenvalue weighted by Crippen LogP contribution is -2.43. The molecule has 0 aromatic heterocycles. The maximum atomic E-state index is 3.81. The molecule has 16 heavy (non-hydrogen) atoms. The Labute approximate surface area is 102 Å². The van der Waals surface area contributed by atoms with Gasteiger partial charge in [0, 0.05) is 6.04 Å². The number of nitrogens with one attached hydrogen (secondary N) is 1. The first kappa shape index (κ1) is 14.0. The van der Waals surface area contributed by atoms with Gasteiger partial charge in [-0.15, -0.1) is 0 Å². The second-order valence-electron chi connectivity index (χ2n) is 7.05. The average Bonchev–Trinajstić information content (AvgIpc) is 2.18. The standard InChI is InChI=1S/C15H31N/c1-11-8-7-9-14(13(11)3)16-10-12(2)15(4,5)6/h11-14,16H,7-10H2,1-6H3. The summed E-state index contributed by atoms with van der Waals surface area (Å²) in [5.41, 5.74) is 0.427. The zero-order chi connectivity index (χ0) is 12.3. The molecule has 4 atom stereocenters. The van der Waals surface area contributed by atoms with Crippen LogP contribution in [0.4, 0.5) is 0 Å². The average molecular weight is 225 g/mol. The van der Waals surface area contributed by atoms with Crippen molar-refractivity contribution in [3.8, 4) is 0 Å². The molecular weight excluding hydrogens is 194 g/mol. The minimum Gasteiger partial charge on any atom is -0.313 e. The Morgan fingerprint density at radius 1 is 1.19 bits per heavy atom. The molecule has 0 radical (unpaired) electrons. The van der Waals surface area contributed by atoms with Gasteiger partial charge in [0.2, 0.25) is 0 Å². The van der Waals surface area contributed by atoms with Crippen LogP contribution in [0.25, 0.3) is 0 Å². The lowest BCUT2D eigenvalue weighted by molar-refractivity contribution is 0.180. The molecule has 1 fully saturated rings. The van der Waals surface area contributed by atoms with Gasteiger partial charge in [0.15, 0.2) is 0 Å². The molecule has 0 aromatic carbocycles. The molecule has 0 heterocycles. The molecule has 0 amide bonds. The zero-order valence-corrected chi connectivity index (χ0v) is 12.1. The molecule has 0 aromatic rings. The predicted octanol–water partition coefficient (Wildman–Crippen LogP) is 4.08. The monoisotopic (exact) mass is 225 g/mol. The van der Waals surface area contributed by atoms with Gasteiger partial charge in [-0.1, -0.05) is 54.4 Å². The molecule has 1 nitrogen and oxygen atoms in total. The lowest BCUT2D eigenvalue weighted by Gasteiger charge is -2.37. The first-order valence-corrected chi connectivity index (χ1v) is 7.05. The highest BCUT2D eigenvalue weighted by Gasteiger charge is 2.28. The topological polar surface area (TPSA) is 12.0 Å². The summed E-state index contributed by atoms with van der Waals surface area (Å²) in [5.74, 6) is 2.49. The first-order chi connectivity index (χ1) is 7.32.